The summed E-state index contributed by atoms with van der Waals surface area (Å²) in [6.07, 6.45) is 4.75. The zero-order valence-corrected chi connectivity index (χ0v) is 11.9. The number of nitrogens with one attached hydrogen (secondary N) is 1. The van der Waals surface area contributed by atoms with Crippen LogP contribution in [0, 0.1) is 5.92 Å². The number of hydrogen-bond acceptors (Lipinski definition) is 3. The number of ether oxygens (including phenoxy) is 2. The van der Waals surface area contributed by atoms with E-state index < -0.39 is 0 Å². The first-order valence-electron chi connectivity index (χ1n) is 7.38. The molecule has 2 aliphatic rings. The number of rotatable bonds is 4. The molecule has 1 amide bonds. The van der Waals surface area contributed by atoms with Crippen LogP contribution in [0.2, 0.25) is 0 Å². The Morgan fingerprint density at radius 1 is 1.30 bits per heavy atom. The minimum atomic E-state index is 0.154. The number of amides is 1. The highest BCUT2D eigenvalue weighted by Crippen LogP contribution is 2.32. The molecule has 0 saturated heterocycles. The molecule has 2 unspecified atom stereocenters. The Hall–Kier alpha value is -1.71. The van der Waals surface area contributed by atoms with Crippen LogP contribution in [0.25, 0.3) is 0 Å². The molecule has 0 aromatic heterocycles. The molecule has 1 saturated carbocycles. The van der Waals surface area contributed by atoms with E-state index in [0.29, 0.717) is 19.3 Å². The van der Waals surface area contributed by atoms with E-state index in [1.807, 2.05) is 18.2 Å². The van der Waals surface area contributed by atoms with Crippen LogP contribution in [0.5, 0.6) is 11.5 Å². The summed E-state index contributed by atoms with van der Waals surface area (Å²) >= 11 is 0. The maximum absolute atomic E-state index is 11.9. The van der Waals surface area contributed by atoms with Crippen molar-refractivity contribution < 1.29 is 14.3 Å². The Morgan fingerprint density at radius 3 is 2.95 bits per heavy atom. The second-order valence-corrected chi connectivity index (χ2v) is 5.87. The second-order valence-electron chi connectivity index (χ2n) is 5.87. The van der Waals surface area contributed by atoms with Gasteiger partial charge in [0.1, 0.15) is 0 Å². The summed E-state index contributed by atoms with van der Waals surface area (Å²) in [6.45, 7) is 2.54. The quantitative estimate of drug-likeness (QED) is 0.919. The fourth-order valence-corrected chi connectivity index (χ4v) is 2.99. The van der Waals surface area contributed by atoms with Crippen molar-refractivity contribution in [2.45, 2.75) is 45.1 Å². The maximum atomic E-state index is 11.9. The normalized spacial score (nSPS) is 23.9. The van der Waals surface area contributed by atoms with Gasteiger partial charge in [0.25, 0.3) is 0 Å². The van der Waals surface area contributed by atoms with Gasteiger partial charge in [0.05, 0.1) is 0 Å². The number of carbonyl (C=O) groups is 1. The van der Waals surface area contributed by atoms with Crippen LogP contribution in [0.15, 0.2) is 18.2 Å². The summed E-state index contributed by atoms with van der Waals surface area (Å²) in [4.78, 5) is 11.9. The molecule has 3 rings (SSSR count). The predicted molar refractivity (Wildman–Crippen MR) is 75.8 cm³/mol. The van der Waals surface area contributed by atoms with Crippen LogP contribution in [-0.4, -0.2) is 18.7 Å². The van der Waals surface area contributed by atoms with E-state index in [-0.39, 0.29) is 5.91 Å². The van der Waals surface area contributed by atoms with Gasteiger partial charge in [-0.15, -0.1) is 0 Å². The number of hydrogen-bond donors (Lipinski definition) is 1. The SMILES string of the molecule is CC1CCC(NC(=O)CCc2ccc3c(c2)OCO3)C1. The first kappa shape index (κ1) is 13.3. The van der Waals surface area contributed by atoms with E-state index in [9.17, 15) is 4.79 Å². The molecule has 0 bridgehead atoms. The largest absolute Gasteiger partial charge is 0.454 e. The van der Waals surface area contributed by atoms with Gasteiger partial charge in [0.15, 0.2) is 11.5 Å². The molecule has 20 heavy (non-hydrogen) atoms. The second kappa shape index (κ2) is 5.73. The number of aryl methyl sites for hydroxylation is 1. The zero-order valence-electron chi connectivity index (χ0n) is 11.9. The summed E-state index contributed by atoms with van der Waals surface area (Å²) in [5.41, 5.74) is 1.11. The van der Waals surface area contributed by atoms with E-state index in [1.54, 1.807) is 0 Å². The van der Waals surface area contributed by atoms with Crippen molar-refractivity contribution in [3.8, 4) is 11.5 Å². The van der Waals surface area contributed by atoms with Gasteiger partial charge in [-0.25, -0.2) is 0 Å². The third-order valence-electron chi connectivity index (χ3n) is 4.14. The molecule has 1 N–H and O–H groups in total. The van der Waals surface area contributed by atoms with Crippen molar-refractivity contribution >= 4 is 5.91 Å². The summed E-state index contributed by atoms with van der Waals surface area (Å²) < 4.78 is 10.6. The van der Waals surface area contributed by atoms with E-state index in [2.05, 4.69) is 12.2 Å². The summed E-state index contributed by atoms with van der Waals surface area (Å²) in [7, 11) is 0. The Balaban J connectivity index is 1.48. The highest BCUT2D eigenvalue weighted by atomic mass is 16.7. The van der Waals surface area contributed by atoms with E-state index in [1.165, 1.54) is 6.42 Å². The lowest BCUT2D eigenvalue weighted by atomic mass is 10.1. The third-order valence-corrected chi connectivity index (χ3v) is 4.14. The minimum absolute atomic E-state index is 0.154. The molecular formula is C16H21NO3. The topological polar surface area (TPSA) is 47.6 Å². The van der Waals surface area contributed by atoms with E-state index in [4.69, 9.17) is 9.47 Å². The van der Waals surface area contributed by atoms with Gasteiger partial charge in [-0.05, 0) is 49.3 Å². The standard InChI is InChI=1S/C16H21NO3/c1-11-2-5-13(8-11)17-16(18)7-4-12-3-6-14-15(9-12)20-10-19-14/h3,6,9,11,13H,2,4-5,7-8,10H2,1H3,(H,17,18). The molecule has 1 aliphatic carbocycles. The molecule has 2 atom stereocenters. The third kappa shape index (κ3) is 3.06. The molecule has 4 heteroatoms. The van der Waals surface area contributed by atoms with Gasteiger partial charge < -0.3 is 14.8 Å². The first-order chi connectivity index (χ1) is 9.70. The van der Waals surface area contributed by atoms with Gasteiger partial charge in [0.2, 0.25) is 12.7 Å². The summed E-state index contributed by atoms with van der Waals surface area (Å²) in [5, 5.41) is 3.14. The minimum Gasteiger partial charge on any atom is -0.454 e. The van der Waals surface area contributed by atoms with Gasteiger partial charge in [-0.1, -0.05) is 13.0 Å². The molecule has 4 nitrogen and oxygen atoms in total. The van der Waals surface area contributed by atoms with Crippen molar-refractivity contribution in [3.63, 3.8) is 0 Å². The van der Waals surface area contributed by atoms with E-state index in [0.717, 1.165) is 42.2 Å². The molecule has 1 aromatic rings. The smallest absolute Gasteiger partial charge is 0.231 e. The van der Waals surface area contributed by atoms with Crippen molar-refractivity contribution in [1.29, 1.82) is 0 Å². The van der Waals surface area contributed by atoms with Gasteiger partial charge in [-0.3, -0.25) is 4.79 Å². The maximum Gasteiger partial charge on any atom is 0.231 e. The van der Waals surface area contributed by atoms with Gasteiger partial charge in [0, 0.05) is 12.5 Å². The van der Waals surface area contributed by atoms with Gasteiger partial charge >= 0.3 is 0 Å². The Kier molecular flexibility index (Phi) is 3.81. The zero-order chi connectivity index (χ0) is 13.9. The van der Waals surface area contributed by atoms with Crippen LogP contribution in [0.3, 0.4) is 0 Å². The van der Waals surface area contributed by atoms with Crippen LogP contribution in [-0.2, 0) is 11.2 Å². The van der Waals surface area contributed by atoms with Gasteiger partial charge in [-0.2, -0.15) is 0 Å². The molecule has 1 aromatic carbocycles. The fourth-order valence-electron chi connectivity index (χ4n) is 2.99. The number of carbonyl (C=O) groups excluding carboxylic acids is 1. The average Bonchev–Trinajstić information content (AvgIpc) is 3.04. The highest BCUT2D eigenvalue weighted by Gasteiger charge is 2.22. The monoisotopic (exact) mass is 275 g/mol. The molecule has 1 aliphatic heterocycles. The lowest BCUT2D eigenvalue weighted by Crippen LogP contribution is -2.32. The van der Waals surface area contributed by atoms with Crippen molar-refractivity contribution in [2.24, 2.45) is 5.92 Å². The lowest BCUT2D eigenvalue weighted by molar-refractivity contribution is -0.121. The number of fused-ring (bicyclic) bond motifs is 1. The van der Waals surface area contributed by atoms with Crippen LogP contribution in [0.1, 0.15) is 38.2 Å². The van der Waals surface area contributed by atoms with Crippen LogP contribution < -0.4 is 14.8 Å². The molecule has 1 fully saturated rings. The Morgan fingerprint density at radius 2 is 2.15 bits per heavy atom. The Labute approximate surface area is 119 Å². The molecule has 0 spiro atoms. The van der Waals surface area contributed by atoms with E-state index >= 15 is 0 Å². The van der Waals surface area contributed by atoms with Crippen LogP contribution >= 0.6 is 0 Å². The average molecular weight is 275 g/mol. The fraction of sp³-hybridized carbons (Fsp3) is 0.562. The summed E-state index contributed by atoms with van der Waals surface area (Å²) in [5.74, 6) is 2.47. The molecule has 1 heterocycles. The molecular weight excluding hydrogens is 254 g/mol. The van der Waals surface area contributed by atoms with Crippen molar-refractivity contribution in [1.82, 2.24) is 5.32 Å². The Bertz CT molecular complexity index is 500. The highest BCUT2D eigenvalue weighted by molar-refractivity contribution is 5.76. The van der Waals surface area contributed by atoms with Crippen LogP contribution in [0.4, 0.5) is 0 Å². The summed E-state index contributed by atoms with van der Waals surface area (Å²) in [6, 6.07) is 6.26. The first-order valence-corrected chi connectivity index (χ1v) is 7.38. The molecule has 0 radical (unpaired) electrons. The van der Waals surface area contributed by atoms with Crippen molar-refractivity contribution in [2.75, 3.05) is 6.79 Å². The predicted octanol–water partition coefficient (Wildman–Crippen LogP) is 2.65. The van der Waals surface area contributed by atoms with Crippen molar-refractivity contribution in [3.05, 3.63) is 23.8 Å². The lowest BCUT2D eigenvalue weighted by Gasteiger charge is -2.12. The number of benzene rings is 1. The molecule has 108 valence electrons.